The van der Waals surface area contributed by atoms with Crippen LogP contribution in [0.1, 0.15) is 0 Å². The quantitative estimate of drug-likeness (QED) is 0.366. The van der Waals surface area contributed by atoms with Crippen LogP contribution in [0.5, 0.6) is 0 Å². The summed E-state index contributed by atoms with van der Waals surface area (Å²) < 4.78 is 0. The number of para-hydroxylation sites is 2. The summed E-state index contributed by atoms with van der Waals surface area (Å²) >= 11 is 3.65. The number of rotatable bonds is 2. The Hall–Kier alpha value is -1.40. The number of benzene rings is 1. The van der Waals surface area contributed by atoms with E-state index >= 15 is 0 Å². The number of anilines is 2. The standard InChI is InChI=1S/C6H8N2.C3H7NO2S/c7-5-3-1-2-4-6(5)8;4-2(1-7)3(5)6/h1-4H,7-8H2;2,7H,1,4H2,(H,5,6). The summed E-state index contributed by atoms with van der Waals surface area (Å²) in [5.74, 6) is -0.815. The number of nitrogen functional groups attached to an aromatic ring is 2. The molecular weight excluding hydrogens is 214 g/mol. The molecule has 0 aliphatic heterocycles. The van der Waals surface area contributed by atoms with Crippen molar-refractivity contribution >= 4 is 30.0 Å². The van der Waals surface area contributed by atoms with Gasteiger partial charge in [0.15, 0.2) is 0 Å². The van der Waals surface area contributed by atoms with Crippen molar-refractivity contribution in [3.8, 4) is 0 Å². The minimum Gasteiger partial charge on any atom is -0.480 e. The summed E-state index contributed by atoms with van der Waals surface area (Å²) in [6.45, 7) is 0. The number of hydrogen-bond donors (Lipinski definition) is 5. The van der Waals surface area contributed by atoms with Gasteiger partial charge in [-0.15, -0.1) is 0 Å². The largest absolute Gasteiger partial charge is 0.480 e. The molecule has 0 bridgehead atoms. The molecule has 0 spiro atoms. The third-order valence-corrected chi connectivity index (χ3v) is 1.90. The van der Waals surface area contributed by atoms with Gasteiger partial charge in [-0.05, 0) is 12.1 Å². The van der Waals surface area contributed by atoms with E-state index in [9.17, 15) is 4.79 Å². The Kier molecular flexibility index (Phi) is 6.32. The fourth-order valence-corrected chi connectivity index (χ4v) is 0.745. The lowest BCUT2D eigenvalue weighted by Crippen LogP contribution is -2.31. The monoisotopic (exact) mass is 229 g/mol. The number of carboxylic acid groups (broad SMARTS) is 1. The number of nitrogens with two attached hydrogens (primary N) is 3. The normalized spacial score (nSPS) is 11.1. The first-order valence-corrected chi connectivity index (χ1v) is 4.81. The van der Waals surface area contributed by atoms with E-state index in [1.807, 2.05) is 12.1 Å². The van der Waals surface area contributed by atoms with E-state index in [2.05, 4.69) is 12.6 Å². The molecule has 0 heterocycles. The molecule has 1 atom stereocenters. The average Bonchev–Trinajstić information content (AvgIpc) is 2.22. The number of thiol groups is 1. The second-order valence-corrected chi connectivity index (χ2v) is 3.12. The minimum absolute atomic E-state index is 0.190. The van der Waals surface area contributed by atoms with Gasteiger partial charge in [-0.1, -0.05) is 12.1 Å². The fraction of sp³-hybridized carbons (Fsp3) is 0.222. The van der Waals surface area contributed by atoms with Gasteiger partial charge < -0.3 is 22.3 Å². The van der Waals surface area contributed by atoms with Gasteiger partial charge >= 0.3 is 5.97 Å². The maximum absolute atomic E-state index is 9.76. The van der Waals surface area contributed by atoms with Crippen LogP contribution < -0.4 is 17.2 Å². The summed E-state index contributed by atoms with van der Waals surface area (Å²) in [7, 11) is 0. The van der Waals surface area contributed by atoms with Crippen molar-refractivity contribution in [1.82, 2.24) is 0 Å². The highest BCUT2D eigenvalue weighted by Gasteiger charge is 2.06. The Labute approximate surface area is 93.7 Å². The Bertz CT molecular complexity index is 299. The average molecular weight is 229 g/mol. The van der Waals surface area contributed by atoms with Crippen molar-refractivity contribution in [2.24, 2.45) is 5.73 Å². The summed E-state index contributed by atoms with van der Waals surface area (Å²) in [4.78, 5) is 9.76. The zero-order valence-electron chi connectivity index (χ0n) is 8.13. The van der Waals surface area contributed by atoms with Crippen LogP contribution in [0.3, 0.4) is 0 Å². The molecule has 0 fully saturated rings. The van der Waals surface area contributed by atoms with Crippen LogP contribution in [-0.4, -0.2) is 22.9 Å². The second kappa shape index (κ2) is 6.97. The zero-order valence-corrected chi connectivity index (χ0v) is 9.02. The lowest BCUT2D eigenvalue weighted by atomic mass is 10.3. The molecule has 0 aliphatic carbocycles. The SMILES string of the molecule is NC(CS)C(=O)O.Nc1ccccc1N. The highest BCUT2D eigenvalue weighted by molar-refractivity contribution is 7.80. The smallest absolute Gasteiger partial charge is 0.321 e. The van der Waals surface area contributed by atoms with Gasteiger partial charge in [-0.2, -0.15) is 12.6 Å². The summed E-state index contributed by atoms with van der Waals surface area (Å²) in [5, 5.41) is 8.01. The van der Waals surface area contributed by atoms with E-state index in [-0.39, 0.29) is 5.75 Å². The predicted molar refractivity (Wildman–Crippen MR) is 64.7 cm³/mol. The first-order chi connectivity index (χ1) is 6.99. The van der Waals surface area contributed by atoms with Gasteiger partial charge in [0, 0.05) is 5.75 Å². The molecule has 0 aliphatic rings. The maximum atomic E-state index is 9.76. The van der Waals surface area contributed by atoms with Crippen LogP contribution in [0.4, 0.5) is 11.4 Å². The molecule has 1 aromatic rings. The maximum Gasteiger partial charge on any atom is 0.321 e. The fourth-order valence-electron chi connectivity index (χ4n) is 0.589. The van der Waals surface area contributed by atoms with Crippen LogP contribution in [0.2, 0.25) is 0 Å². The zero-order chi connectivity index (χ0) is 11.8. The van der Waals surface area contributed by atoms with Crippen LogP contribution in [0.15, 0.2) is 24.3 Å². The van der Waals surface area contributed by atoms with Crippen molar-refractivity contribution < 1.29 is 9.90 Å². The van der Waals surface area contributed by atoms with E-state index in [1.165, 1.54) is 0 Å². The summed E-state index contributed by atoms with van der Waals surface area (Å²) in [6, 6.07) is 6.44. The van der Waals surface area contributed by atoms with Crippen LogP contribution in [0.25, 0.3) is 0 Å². The third-order valence-electron chi connectivity index (χ3n) is 1.51. The van der Waals surface area contributed by atoms with E-state index in [0.717, 1.165) is 0 Å². The topological polar surface area (TPSA) is 115 Å². The van der Waals surface area contributed by atoms with Gasteiger partial charge in [0.05, 0.1) is 11.4 Å². The van der Waals surface area contributed by atoms with Gasteiger partial charge in [0.1, 0.15) is 6.04 Å². The van der Waals surface area contributed by atoms with Crippen molar-refractivity contribution in [3.63, 3.8) is 0 Å². The molecule has 1 unspecified atom stereocenters. The predicted octanol–water partition coefficient (Wildman–Crippen LogP) is 0.179. The molecule has 0 radical (unpaired) electrons. The molecule has 5 nitrogen and oxygen atoms in total. The molecular formula is C9H15N3O2S. The first-order valence-electron chi connectivity index (χ1n) is 4.18. The van der Waals surface area contributed by atoms with Crippen LogP contribution >= 0.6 is 12.6 Å². The molecule has 0 saturated heterocycles. The molecule has 1 aromatic carbocycles. The van der Waals surface area contributed by atoms with Crippen molar-refractivity contribution in [2.45, 2.75) is 6.04 Å². The van der Waals surface area contributed by atoms with Crippen LogP contribution in [0, 0.1) is 0 Å². The van der Waals surface area contributed by atoms with Gasteiger partial charge in [-0.3, -0.25) is 4.79 Å². The molecule has 0 aromatic heterocycles. The van der Waals surface area contributed by atoms with E-state index in [1.54, 1.807) is 12.1 Å². The second-order valence-electron chi connectivity index (χ2n) is 2.76. The lowest BCUT2D eigenvalue weighted by molar-refractivity contribution is -0.137. The highest BCUT2D eigenvalue weighted by Crippen LogP contribution is 2.10. The number of hydrogen-bond acceptors (Lipinski definition) is 5. The molecule has 84 valence electrons. The molecule has 6 heteroatoms. The van der Waals surface area contributed by atoms with Gasteiger partial charge in [0.2, 0.25) is 0 Å². The van der Waals surface area contributed by atoms with Crippen molar-refractivity contribution in [2.75, 3.05) is 17.2 Å². The van der Waals surface area contributed by atoms with E-state index in [4.69, 9.17) is 22.3 Å². The summed E-state index contributed by atoms with van der Waals surface area (Å²) in [6.07, 6.45) is 0. The van der Waals surface area contributed by atoms with E-state index in [0.29, 0.717) is 11.4 Å². The third kappa shape index (κ3) is 5.82. The summed E-state index contributed by atoms with van der Waals surface area (Å²) in [5.41, 5.74) is 17.0. The Balaban J connectivity index is 0.000000265. The number of carboxylic acids is 1. The first kappa shape index (κ1) is 13.6. The van der Waals surface area contributed by atoms with Crippen molar-refractivity contribution in [1.29, 1.82) is 0 Å². The molecule has 0 saturated carbocycles. The Morgan fingerprint density at radius 3 is 1.87 bits per heavy atom. The lowest BCUT2D eigenvalue weighted by Gasteiger charge is -1.96. The Morgan fingerprint density at radius 1 is 1.33 bits per heavy atom. The van der Waals surface area contributed by atoms with Gasteiger partial charge in [0.25, 0.3) is 0 Å². The number of aliphatic carboxylic acids is 1. The molecule has 15 heavy (non-hydrogen) atoms. The van der Waals surface area contributed by atoms with E-state index < -0.39 is 12.0 Å². The minimum atomic E-state index is -1.00. The Morgan fingerprint density at radius 2 is 1.73 bits per heavy atom. The molecule has 0 amide bonds. The highest BCUT2D eigenvalue weighted by atomic mass is 32.1. The van der Waals surface area contributed by atoms with Crippen molar-refractivity contribution in [3.05, 3.63) is 24.3 Å². The number of carbonyl (C=O) groups is 1. The molecule has 7 N–H and O–H groups in total. The van der Waals surface area contributed by atoms with Crippen LogP contribution in [-0.2, 0) is 4.79 Å². The van der Waals surface area contributed by atoms with Gasteiger partial charge in [-0.25, -0.2) is 0 Å². The molecule has 1 rings (SSSR count).